The van der Waals surface area contributed by atoms with Gasteiger partial charge in [-0.1, -0.05) is 6.58 Å². The molecular weight excluding hydrogens is 329 g/mol. The van der Waals surface area contributed by atoms with Crippen molar-refractivity contribution in [2.45, 2.75) is 13.1 Å². The third-order valence-electron chi connectivity index (χ3n) is 3.81. The fourth-order valence-corrected chi connectivity index (χ4v) is 2.49. The van der Waals surface area contributed by atoms with Crippen molar-refractivity contribution in [1.82, 2.24) is 4.57 Å². The summed E-state index contributed by atoms with van der Waals surface area (Å²) in [5.41, 5.74) is 1.81. The molecule has 0 bridgehead atoms. The second-order valence-electron chi connectivity index (χ2n) is 5.74. The van der Waals surface area contributed by atoms with E-state index in [1.165, 1.54) is 12.1 Å². The molecule has 0 aliphatic heterocycles. The minimum absolute atomic E-state index is 0.262. The number of hydrogen-bond acceptors (Lipinski definition) is 1. The normalized spacial score (nSPS) is 11.5. The minimum Gasteiger partial charge on any atom is -0.322 e. The van der Waals surface area contributed by atoms with Crippen LogP contribution in [-0.4, -0.2) is 10.5 Å². The molecule has 2 aromatic carbocycles. The van der Waals surface area contributed by atoms with Gasteiger partial charge in [-0.05, 0) is 55.5 Å². The van der Waals surface area contributed by atoms with E-state index in [9.17, 15) is 18.0 Å². The highest BCUT2D eigenvalue weighted by molar-refractivity contribution is 6.03. The van der Waals surface area contributed by atoms with Crippen molar-refractivity contribution >= 4 is 22.5 Å². The van der Waals surface area contributed by atoms with E-state index in [0.29, 0.717) is 16.9 Å². The fraction of sp³-hybridized carbons (Fsp3) is 0.105. The number of rotatable bonds is 3. The number of nitrogens with zero attached hydrogens (tertiary/aromatic N) is 1. The first-order valence-electron chi connectivity index (χ1n) is 7.51. The largest absolute Gasteiger partial charge is 0.416 e. The van der Waals surface area contributed by atoms with Gasteiger partial charge in [0.25, 0.3) is 5.91 Å². The Morgan fingerprint density at radius 3 is 2.36 bits per heavy atom. The number of benzene rings is 2. The smallest absolute Gasteiger partial charge is 0.322 e. The Balaban J connectivity index is 1.93. The van der Waals surface area contributed by atoms with Gasteiger partial charge in [-0.2, -0.15) is 13.2 Å². The molecule has 1 aromatic heterocycles. The number of carbonyl (C=O) groups excluding carboxylic acids is 1. The van der Waals surface area contributed by atoms with Crippen LogP contribution in [0, 0.1) is 0 Å². The average Bonchev–Trinajstić information content (AvgIpc) is 2.97. The molecule has 0 aliphatic carbocycles. The molecule has 0 atom stereocenters. The van der Waals surface area contributed by atoms with Gasteiger partial charge in [0.2, 0.25) is 0 Å². The van der Waals surface area contributed by atoms with Crippen LogP contribution in [0.2, 0.25) is 0 Å². The maximum atomic E-state index is 12.7. The quantitative estimate of drug-likeness (QED) is 0.654. The summed E-state index contributed by atoms with van der Waals surface area (Å²) >= 11 is 0. The van der Waals surface area contributed by atoms with Crippen LogP contribution in [0.25, 0.3) is 16.6 Å². The van der Waals surface area contributed by atoms with Crippen LogP contribution in [-0.2, 0) is 11.0 Å². The van der Waals surface area contributed by atoms with E-state index in [0.717, 1.165) is 23.0 Å². The highest BCUT2D eigenvalue weighted by Gasteiger charge is 2.30. The first-order chi connectivity index (χ1) is 11.8. The van der Waals surface area contributed by atoms with E-state index in [-0.39, 0.29) is 5.91 Å². The summed E-state index contributed by atoms with van der Waals surface area (Å²) in [7, 11) is 0. The molecule has 6 heteroatoms. The van der Waals surface area contributed by atoms with Gasteiger partial charge in [-0.25, -0.2) is 0 Å². The summed E-state index contributed by atoms with van der Waals surface area (Å²) in [6.07, 6.45) is -2.58. The van der Waals surface area contributed by atoms with Gasteiger partial charge in [0, 0.05) is 28.5 Å². The summed E-state index contributed by atoms with van der Waals surface area (Å²) in [6.45, 7) is 5.21. The van der Waals surface area contributed by atoms with Crippen LogP contribution < -0.4 is 5.32 Å². The molecule has 1 amide bonds. The van der Waals surface area contributed by atoms with Gasteiger partial charge in [0.05, 0.1) is 11.1 Å². The molecule has 0 saturated carbocycles. The molecule has 0 radical (unpaired) electrons. The van der Waals surface area contributed by atoms with E-state index < -0.39 is 11.7 Å². The Morgan fingerprint density at radius 1 is 1.08 bits per heavy atom. The molecule has 1 N–H and O–H groups in total. The van der Waals surface area contributed by atoms with Gasteiger partial charge in [0.1, 0.15) is 0 Å². The first-order valence-corrected chi connectivity index (χ1v) is 7.51. The van der Waals surface area contributed by atoms with Gasteiger partial charge in [-0.3, -0.25) is 4.79 Å². The highest BCUT2D eigenvalue weighted by Crippen LogP contribution is 2.30. The van der Waals surface area contributed by atoms with Crippen LogP contribution in [0.3, 0.4) is 0 Å². The predicted molar refractivity (Wildman–Crippen MR) is 91.7 cm³/mol. The molecule has 3 nitrogen and oxygen atoms in total. The molecule has 0 unspecified atom stereocenters. The lowest BCUT2D eigenvalue weighted by Gasteiger charge is -2.10. The van der Waals surface area contributed by atoms with E-state index in [2.05, 4.69) is 11.9 Å². The lowest BCUT2D eigenvalue weighted by atomic mass is 10.2. The number of aromatic nitrogens is 1. The second-order valence-corrected chi connectivity index (χ2v) is 5.74. The third kappa shape index (κ3) is 3.42. The number of hydrogen-bond donors (Lipinski definition) is 1. The van der Waals surface area contributed by atoms with Gasteiger partial charge < -0.3 is 9.88 Å². The predicted octanol–water partition coefficient (Wildman–Crippen LogP) is 5.16. The first kappa shape index (κ1) is 16.8. The number of halogens is 3. The molecule has 0 spiro atoms. The maximum absolute atomic E-state index is 12.7. The van der Waals surface area contributed by atoms with Crippen molar-refractivity contribution in [2.75, 3.05) is 5.32 Å². The van der Waals surface area contributed by atoms with Crippen molar-refractivity contribution in [3.63, 3.8) is 0 Å². The Labute approximate surface area is 142 Å². The van der Waals surface area contributed by atoms with E-state index in [1.54, 1.807) is 35.9 Å². The molecule has 3 rings (SSSR count). The summed E-state index contributed by atoms with van der Waals surface area (Å²) in [5.74, 6) is -0.262. The molecule has 0 saturated heterocycles. The number of fused-ring (bicyclic) bond motifs is 1. The van der Waals surface area contributed by atoms with Crippen LogP contribution in [0.1, 0.15) is 12.5 Å². The SMILES string of the molecule is C=C(C)C(=O)Nc1ccc2c(ccn2-c2ccc(C(F)(F)F)cc2)c1. The van der Waals surface area contributed by atoms with Crippen molar-refractivity contribution in [3.05, 3.63) is 72.4 Å². The van der Waals surface area contributed by atoms with Crippen LogP contribution in [0.5, 0.6) is 0 Å². The summed E-state index contributed by atoms with van der Waals surface area (Å²) in [4.78, 5) is 11.7. The molecular formula is C19H15F3N2O. The lowest BCUT2D eigenvalue weighted by molar-refractivity contribution is -0.137. The summed E-state index contributed by atoms with van der Waals surface area (Å²) in [5, 5.41) is 3.59. The third-order valence-corrected chi connectivity index (χ3v) is 3.81. The number of carbonyl (C=O) groups is 1. The zero-order valence-electron chi connectivity index (χ0n) is 13.4. The van der Waals surface area contributed by atoms with Crippen LogP contribution in [0.15, 0.2) is 66.9 Å². The zero-order valence-corrected chi connectivity index (χ0v) is 13.4. The molecule has 0 aliphatic rings. The Kier molecular flexibility index (Phi) is 4.12. The van der Waals surface area contributed by atoms with Crippen molar-refractivity contribution in [2.24, 2.45) is 0 Å². The Morgan fingerprint density at radius 2 is 1.76 bits per heavy atom. The Hall–Kier alpha value is -3.02. The average molecular weight is 344 g/mol. The molecule has 3 aromatic rings. The molecule has 0 fully saturated rings. The second kappa shape index (κ2) is 6.12. The zero-order chi connectivity index (χ0) is 18.2. The van der Waals surface area contributed by atoms with Crippen molar-refractivity contribution < 1.29 is 18.0 Å². The van der Waals surface area contributed by atoms with Gasteiger partial charge >= 0.3 is 6.18 Å². The molecule has 1 heterocycles. The summed E-state index contributed by atoms with van der Waals surface area (Å²) < 4.78 is 39.8. The highest BCUT2D eigenvalue weighted by atomic mass is 19.4. The van der Waals surface area contributed by atoms with Crippen LogP contribution in [0.4, 0.5) is 18.9 Å². The number of alkyl halides is 3. The minimum atomic E-state index is -4.35. The van der Waals surface area contributed by atoms with E-state index >= 15 is 0 Å². The molecule has 25 heavy (non-hydrogen) atoms. The number of anilines is 1. The van der Waals surface area contributed by atoms with Gasteiger partial charge in [-0.15, -0.1) is 0 Å². The van der Waals surface area contributed by atoms with Crippen LogP contribution >= 0.6 is 0 Å². The number of nitrogens with one attached hydrogen (secondary N) is 1. The molecule has 128 valence electrons. The maximum Gasteiger partial charge on any atom is 0.416 e. The van der Waals surface area contributed by atoms with E-state index in [4.69, 9.17) is 0 Å². The summed E-state index contributed by atoms with van der Waals surface area (Å²) in [6, 6.07) is 12.2. The Bertz CT molecular complexity index is 953. The van der Waals surface area contributed by atoms with Crippen molar-refractivity contribution in [3.8, 4) is 5.69 Å². The topological polar surface area (TPSA) is 34.0 Å². The van der Waals surface area contributed by atoms with Crippen molar-refractivity contribution in [1.29, 1.82) is 0 Å². The monoisotopic (exact) mass is 344 g/mol. The lowest BCUT2D eigenvalue weighted by Crippen LogP contribution is -2.11. The number of amides is 1. The van der Waals surface area contributed by atoms with E-state index in [1.807, 2.05) is 6.07 Å². The fourth-order valence-electron chi connectivity index (χ4n) is 2.49. The van der Waals surface area contributed by atoms with Gasteiger partial charge in [0.15, 0.2) is 0 Å². The standard InChI is InChI=1S/C19H15F3N2O/c1-12(2)18(25)23-15-5-8-17-13(11-15)9-10-24(17)16-6-3-14(4-7-16)19(20,21)22/h3-11H,1H2,2H3,(H,23,25).